The van der Waals surface area contributed by atoms with Crippen LogP contribution in [0.15, 0.2) is 54.7 Å². The molecule has 0 aliphatic carbocycles. The summed E-state index contributed by atoms with van der Waals surface area (Å²) in [5.41, 5.74) is 5.69. The summed E-state index contributed by atoms with van der Waals surface area (Å²) in [6.07, 6.45) is 1.88. The van der Waals surface area contributed by atoms with Crippen molar-refractivity contribution in [3.8, 4) is 11.3 Å². The largest absolute Gasteiger partial charge is 0.172 e. The molecule has 2 aromatic heterocycles. The van der Waals surface area contributed by atoms with Crippen molar-refractivity contribution in [2.45, 2.75) is 6.92 Å². The molecular formula is C15H13N4+. The lowest BCUT2D eigenvalue weighted by Gasteiger charge is -1.94. The van der Waals surface area contributed by atoms with Gasteiger partial charge in [-0.25, -0.2) is 0 Å². The van der Waals surface area contributed by atoms with Crippen LogP contribution in [-0.4, -0.2) is 14.9 Å². The Morgan fingerprint density at radius 3 is 2.79 bits per heavy atom. The smallest absolute Gasteiger partial charge is 0.171 e. The second-order valence-electron chi connectivity index (χ2n) is 4.73. The average molecular weight is 249 g/mol. The molecule has 19 heavy (non-hydrogen) atoms. The highest BCUT2D eigenvalue weighted by Crippen LogP contribution is 2.16. The fourth-order valence-corrected chi connectivity index (χ4v) is 2.47. The summed E-state index contributed by atoms with van der Waals surface area (Å²) < 4.78 is 3.86. The molecule has 0 aliphatic rings. The number of aromatic amines is 1. The molecule has 0 saturated carbocycles. The number of H-pyrrole nitrogens is 1. The Labute approximate surface area is 109 Å². The maximum Gasteiger partial charge on any atom is 0.172 e. The summed E-state index contributed by atoms with van der Waals surface area (Å²) in [5.74, 6) is 0. The van der Waals surface area contributed by atoms with E-state index >= 15 is 0 Å². The van der Waals surface area contributed by atoms with Crippen LogP contribution >= 0.6 is 0 Å². The molecule has 1 N–H and O–H groups in total. The lowest BCUT2D eigenvalue weighted by Crippen LogP contribution is -2.28. The van der Waals surface area contributed by atoms with Crippen LogP contribution in [0.2, 0.25) is 0 Å². The Morgan fingerprint density at radius 1 is 1.11 bits per heavy atom. The first kappa shape index (κ1) is 10.3. The lowest BCUT2D eigenvalue weighted by atomic mass is 10.1. The van der Waals surface area contributed by atoms with E-state index in [1.165, 1.54) is 5.56 Å². The molecule has 92 valence electrons. The molecule has 2 heterocycles. The van der Waals surface area contributed by atoms with Gasteiger partial charge in [0.25, 0.3) is 0 Å². The first-order valence-corrected chi connectivity index (χ1v) is 6.27. The van der Waals surface area contributed by atoms with Gasteiger partial charge in [-0.15, -0.1) is 4.52 Å². The van der Waals surface area contributed by atoms with E-state index in [2.05, 4.69) is 52.0 Å². The fourth-order valence-electron chi connectivity index (χ4n) is 2.47. The molecule has 0 aliphatic heterocycles. The number of fused-ring (bicyclic) bond motifs is 3. The summed E-state index contributed by atoms with van der Waals surface area (Å²) in [6.45, 7) is 2.09. The first-order valence-electron chi connectivity index (χ1n) is 6.27. The predicted octanol–water partition coefficient (Wildman–Crippen LogP) is 2.38. The zero-order valence-electron chi connectivity index (χ0n) is 10.5. The molecule has 0 radical (unpaired) electrons. The molecule has 4 rings (SSSR count). The van der Waals surface area contributed by atoms with Gasteiger partial charge in [0.15, 0.2) is 22.9 Å². The van der Waals surface area contributed by atoms with Gasteiger partial charge in [-0.05, 0) is 24.6 Å². The van der Waals surface area contributed by atoms with Crippen LogP contribution in [0.1, 0.15) is 5.56 Å². The van der Waals surface area contributed by atoms with Crippen molar-refractivity contribution in [2.75, 3.05) is 0 Å². The molecular weight excluding hydrogens is 236 g/mol. The third-order valence-corrected chi connectivity index (χ3v) is 3.38. The maximum absolute atomic E-state index is 4.39. The minimum Gasteiger partial charge on any atom is -0.171 e. The molecule has 0 spiro atoms. The molecule has 2 aromatic carbocycles. The van der Waals surface area contributed by atoms with Crippen LogP contribution in [0, 0.1) is 6.92 Å². The minimum absolute atomic E-state index is 1.08. The Hall–Kier alpha value is -2.62. The van der Waals surface area contributed by atoms with Crippen molar-refractivity contribution in [3.63, 3.8) is 0 Å². The van der Waals surface area contributed by atoms with Crippen LogP contribution in [0.4, 0.5) is 0 Å². The van der Waals surface area contributed by atoms with Crippen LogP contribution < -0.4 is 4.52 Å². The van der Waals surface area contributed by atoms with Crippen LogP contribution in [0.3, 0.4) is 0 Å². The quantitative estimate of drug-likeness (QED) is 0.517. The number of hydrogen-bond donors (Lipinski definition) is 1. The summed E-state index contributed by atoms with van der Waals surface area (Å²) in [5, 5.41) is 7.66. The van der Waals surface area contributed by atoms with Crippen molar-refractivity contribution in [1.82, 2.24) is 14.9 Å². The van der Waals surface area contributed by atoms with Crippen molar-refractivity contribution >= 4 is 11.0 Å². The number of rotatable bonds is 1. The van der Waals surface area contributed by atoms with Crippen LogP contribution in [0.25, 0.3) is 22.3 Å². The van der Waals surface area contributed by atoms with Gasteiger partial charge in [0, 0.05) is 10.7 Å². The van der Waals surface area contributed by atoms with E-state index in [4.69, 9.17) is 0 Å². The summed E-state index contributed by atoms with van der Waals surface area (Å²) >= 11 is 0. The van der Waals surface area contributed by atoms with Crippen molar-refractivity contribution in [1.29, 1.82) is 0 Å². The molecule has 0 atom stereocenters. The molecule has 4 aromatic rings. The second kappa shape index (κ2) is 3.68. The lowest BCUT2D eigenvalue weighted by molar-refractivity contribution is -0.587. The van der Waals surface area contributed by atoms with E-state index in [1.54, 1.807) is 4.74 Å². The van der Waals surface area contributed by atoms with E-state index < -0.39 is 0 Å². The summed E-state index contributed by atoms with van der Waals surface area (Å²) in [6, 6.07) is 16.7. The predicted molar refractivity (Wildman–Crippen MR) is 72.9 cm³/mol. The van der Waals surface area contributed by atoms with Crippen LogP contribution in [-0.2, 0) is 0 Å². The summed E-state index contributed by atoms with van der Waals surface area (Å²) in [4.78, 5) is 0. The Morgan fingerprint density at radius 2 is 1.95 bits per heavy atom. The molecule has 0 bridgehead atoms. The Kier molecular flexibility index (Phi) is 2.00. The first-order chi connectivity index (χ1) is 9.33. The number of nitrogens with one attached hydrogen (secondary N) is 1. The molecule has 0 fully saturated rings. The zero-order valence-corrected chi connectivity index (χ0v) is 10.5. The van der Waals surface area contributed by atoms with Crippen LogP contribution in [0.5, 0.6) is 0 Å². The third-order valence-electron chi connectivity index (χ3n) is 3.38. The Bertz CT molecular complexity index is 871. The van der Waals surface area contributed by atoms with Crippen molar-refractivity contribution in [2.24, 2.45) is 0 Å². The number of nitrogens with zero attached hydrogens (tertiary/aromatic N) is 3. The normalized spacial score (nSPS) is 11.4. The van der Waals surface area contributed by atoms with Gasteiger partial charge in [0.1, 0.15) is 0 Å². The van der Waals surface area contributed by atoms with Crippen molar-refractivity contribution < 1.29 is 4.52 Å². The van der Waals surface area contributed by atoms with E-state index in [0.29, 0.717) is 0 Å². The monoisotopic (exact) mass is 249 g/mol. The van der Waals surface area contributed by atoms with Gasteiger partial charge in [-0.2, -0.15) is 5.10 Å². The number of hydrogen-bond acceptors (Lipinski definition) is 1. The SMILES string of the molecule is Cc1ccc2c(c1)[nH]n1ncc(-c3ccccc3)[n+]21. The molecule has 0 amide bonds. The van der Waals surface area contributed by atoms with Gasteiger partial charge in [-0.3, -0.25) is 0 Å². The summed E-state index contributed by atoms with van der Waals surface area (Å²) in [7, 11) is 0. The highest BCUT2D eigenvalue weighted by molar-refractivity contribution is 5.72. The molecule has 0 saturated heterocycles. The topological polar surface area (TPSA) is 37.2 Å². The average Bonchev–Trinajstić information content (AvgIpc) is 2.97. The molecule has 4 nitrogen and oxygen atoms in total. The van der Waals surface area contributed by atoms with E-state index in [1.807, 2.05) is 24.4 Å². The molecule has 0 unspecified atom stereocenters. The minimum atomic E-state index is 1.08. The number of aryl methyl sites for hydroxylation is 1. The number of benzene rings is 2. The third kappa shape index (κ3) is 1.46. The van der Waals surface area contributed by atoms with E-state index in [9.17, 15) is 0 Å². The van der Waals surface area contributed by atoms with Gasteiger partial charge >= 0.3 is 0 Å². The van der Waals surface area contributed by atoms with Crippen molar-refractivity contribution in [3.05, 3.63) is 60.3 Å². The Balaban J connectivity index is 2.10. The molecule has 4 heteroatoms. The number of aromatic nitrogens is 4. The highest BCUT2D eigenvalue weighted by atomic mass is 15.6. The van der Waals surface area contributed by atoms with Gasteiger partial charge in [0.05, 0.1) is 4.74 Å². The highest BCUT2D eigenvalue weighted by Gasteiger charge is 2.17. The van der Waals surface area contributed by atoms with Gasteiger partial charge in [-0.1, -0.05) is 36.4 Å². The zero-order chi connectivity index (χ0) is 12.8. The standard InChI is InChI=1S/C15H13N4/c1-11-7-8-14-13(9-11)17-19-16-10-15(18(14)19)12-5-3-2-4-6-12/h2-10H,1H3,(H,16,17)/q+1. The maximum atomic E-state index is 4.39. The van der Waals surface area contributed by atoms with E-state index in [0.717, 1.165) is 22.3 Å². The van der Waals surface area contributed by atoms with E-state index in [-0.39, 0.29) is 0 Å². The fraction of sp³-hybridized carbons (Fsp3) is 0.0667. The van der Waals surface area contributed by atoms with Gasteiger partial charge in [0.2, 0.25) is 0 Å². The van der Waals surface area contributed by atoms with Gasteiger partial charge < -0.3 is 0 Å². The second-order valence-corrected chi connectivity index (χ2v) is 4.73.